The first-order valence-corrected chi connectivity index (χ1v) is 10.6. The lowest BCUT2D eigenvalue weighted by atomic mass is 9.99. The smallest absolute Gasteiger partial charge is 0.348 e. The number of nitrogens with zero attached hydrogens (tertiary/aromatic N) is 4. The molecule has 4 rings (SSSR count). The third-order valence-corrected chi connectivity index (χ3v) is 5.93. The van der Waals surface area contributed by atoms with Crippen molar-refractivity contribution in [3.8, 4) is 0 Å². The zero-order valence-corrected chi connectivity index (χ0v) is 18.7. The summed E-state index contributed by atoms with van der Waals surface area (Å²) in [5.41, 5.74) is 0.627. The van der Waals surface area contributed by atoms with Gasteiger partial charge in [-0.25, -0.2) is 4.98 Å². The predicted molar refractivity (Wildman–Crippen MR) is 117 cm³/mol. The summed E-state index contributed by atoms with van der Waals surface area (Å²) < 4.78 is 38.1. The maximum atomic E-state index is 12.7. The first-order chi connectivity index (χ1) is 15.5. The average Bonchev–Trinajstić information content (AvgIpc) is 2.70. The molecule has 0 saturated carbocycles. The number of aromatic nitrogens is 2. The molecule has 1 saturated heterocycles. The first kappa shape index (κ1) is 22.8. The fourth-order valence-corrected chi connectivity index (χ4v) is 4.18. The third kappa shape index (κ3) is 4.31. The largest absolute Gasteiger partial charge is 0.416 e. The third-order valence-electron chi connectivity index (χ3n) is 5.93. The number of alkyl halides is 3. The minimum absolute atomic E-state index is 0.0891. The Morgan fingerprint density at radius 2 is 1.82 bits per heavy atom. The van der Waals surface area contributed by atoms with Crippen molar-refractivity contribution in [2.24, 2.45) is 5.92 Å². The van der Waals surface area contributed by atoms with Gasteiger partial charge in [0.2, 0.25) is 11.9 Å². The van der Waals surface area contributed by atoms with Crippen LogP contribution in [0.5, 0.6) is 0 Å². The molecule has 1 fully saturated rings. The van der Waals surface area contributed by atoms with E-state index in [-0.39, 0.29) is 35.4 Å². The van der Waals surface area contributed by atoms with E-state index in [1.165, 1.54) is 12.1 Å². The number of anilines is 3. The van der Waals surface area contributed by atoms with Crippen LogP contribution in [-0.4, -0.2) is 58.9 Å². The van der Waals surface area contributed by atoms with Crippen LogP contribution < -0.4 is 15.5 Å². The Bertz CT molecular complexity index is 1080. The van der Waals surface area contributed by atoms with Gasteiger partial charge in [0.15, 0.2) is 5.82 Å². The highest BCUT2D eigenvalue weighted by Gasteiger charge is 2.37. The second-order valence-corrected chi connectivity index (χ2v) is 8.75. The van der Waals surface area contributed by atoms with Gasteiger partial charge in [-0.05, 0) is 37.1 Å². The number of rotatable bonds is 4. The van der Waals surface area contributed by atoms with E-state index in [9.17, 15) is 22.8 Å². The van der Waals surface area contributed by atoms with E-state index < -0.39 is 11.7 Å². The number of amides is 2. The number of carbonyl (C=O) groups excluding carboxylic acids is 2. The molecule has 1 aromatic carbocycles. The van der Waals surface area contributed by atoms with Crippen molar-refractivity contribution in [2.45, 2.75) is 39.0 Å². The minimum atomic E-state index is -4.44. The van der Waals surface area contributed by atoms with Crippen LogP contribution in [0.1, 0.15) is 35.5 Å². The molecule has 33 heavy (non-hydrogen) atoms. The van der Waals surface area contributed by atoms with Crippen LogP contribution in [0.15, 0.2) is 24.3 Å². The lowest BCUT2D eigenvalue weighted by Crippen LogP contribution is -2.57. The van der Waals surface area contributed by atoms with Crippen molar-refractivity contribution in [3.05, 3.63) is 41.1 Å². The van der Waals surface area contributed by atoms with Gasteiger partial charge < -0.3 is 20.4 Å². The maximum Gasteiger partial charge on any atom is 0.416 e. The van der Waals surface area contributed by atoms with Gasteiger partial charge in [-0.3, -0.25) is 9.59 Å². The Balaban J connectivity index is 1.41. The highest BCUT2D eigenvalue weighted by atomic mass is 19.4. The van der Waals surface area contributed by atoms with Crippen LogP contribution in [0.2, 0.25) is 0 Å². The standard InChI is InChI=1S/C22H25F3N6O2/c1-11(2)17-19(32)28-16-12(3)26-21(29-18(16)30(17)4)27-15-9-31(10-15)20(33)13-5-7-14(8-6-13)22(23,24)25/h5-8,11,15,17H,9-10H2,1-4H3,(H,28,32)(H,26,27,29). The van der Waals surface area contributed by atoms with E-state index in [0.717, 1.165) is 12.1 Å². The van der Waals surface area contributed by atoms with E-state index in [1.54, 1.807) is 11.8 Å². The highest BCUT2D eigenvalue weighted by molar-refractivity contribution is 6.03. The van der Waals surface area contributed by atoms with E-state index in [0.29, 0.717) is 36.2 Å². The number of halogens is 3. The van der Waals surface area contributed by atoms with Gasteiger partial charge in [-0.2, -0.15) is 18.2 Å². The Morgan fingerprint density at radius 3 is 2.39 bits per heavy atom. The summed E-state index contributed by atoms with van der Waals surface area (Å²) in [7, 11) is 1.83. The molecule has 2 aliphatic heterocycles. The Kier molecular flexibility index (Phi) is 5.67. The summed E-state index contributed by atoms with van der Waals surface area (Å²) in [4.78, 5) is 37.4. The van der Waals surface area contributed by atoms with E-state index in [2.05, 4.69) is 20.6 Å². The number of hydrogen-bond acceptors (Lipinski definition) is 6. The average molecular weight is 462 g/mol. The van der Waals surface area contributed by atoms with Gasteiger partial charge in [0.25, 0.3) is 5.91 Å². The lowest BCUT2D eigenvalue weighted by Gasteiger charge is -2.40. The fraction of sp³-hybridized carbons (Fsp3) is 0.455. The number of carbonyl (C=O) groups is 2. The van der Waals surface area contributed by atoms with Crippen LogP contribution in [0, 0.1) is 12.8 Å². The number of aryl methyl sites for hydroxylation is 1. The summed E-state index contributed by atoms with van der Waals surface area (Å²) in [5.74, 6) is 0.685. The molecule has 8 nitrogen and oxygen atoms in total. The van der Waals surface area contributed by atoms with Crippen molar-refractivity contribution >= 4 is 29.3 Å². The molecule has 2 amide bonds. The number of fused-ring (bicyclic) bond motifs is 1. The molecule has 1 unspecified atom stereocenters. The topological polar surface area (TPSA) is 90.5 Å². The van der Waals surface area contributed by atoms with Crippen molar-refractivity contribution in [1.29, 1.82) is 0 Å². The predicted octanol–water partition coefficient (Wildman–Crippen LogP) is 3.15. The minimum Gasteiger partial charge on any atom is -0.348 e. The summed E-state index contributed by atoms with van der Waals surface area (Å²) in [6.45, 7) is 6.48. The van der Waals surface area contributed by atoms with E-state index in [4.69, 9.17) is 0 Å². The molecule has 1 atom stereocenters. The zero-order chi connectivity index (χ0) is 24.1. The number of nitrogens with one attached hydrogen (secondary N) is 2. The molecule has 176 valence electrons. The second kappa shape index (κ2) is 8.20. The van der Waals surface area contributed by atoms with Crippen molar-refractivity contribution < 1.29 is 22.8 Å². The number of hydrogen-bond donors (Lipinski definition) is 2. The lowest BCUT2D eigenvalue weighted by molar-refractivity contribution is -0.137. The molecule has 0 spiro atoms. The van der Waals surface area contributed by atoms with Crippen molar-refractivity contribution in [1.82, 2.24) is 14.9 Å². The Morgan fingerprint density at radius 1 is 1.18 bits per heavy atom. The van der Waals surface area contributed by atoms with Crippen molar-refractivity contribution in [3.63, 3.8) is 0 Å². The number of benzene rings is 1. The van der Waals surface area contributed by atoms with E-state index >= 15 is 0 Å². The number of likely N-dealkylation sites (tertiary alicyclic amines) is 1. The summed E-state index contributed by atoms with van der Waals surface area (Å²) in [6, 6.07) is 3.76. The SMILES string of the molecule is Cc1nc(NC2CN(C(=O)c3ccc(C(F)(F)F)cc3)C2)nc2c1NC(=O)C(C(C)C)N2C. The van der Waals surface area contributed by atoms with Gasteiger partial charge >= 0.3 is 6.18 Å². The molecular formula is C22H25F3N6O2. The summed E-state index contributed by atoms with van der Waals surface area (Å²) >= 11 is 0. The number of likely N-dealkylation sites (N-methyl/N-ethyl adjacent to an activating group) is 1. The molecule has 1 aromatic heterocycles. The van der Waals surface area contributed by atoms with Crippen molar-refractivity contribution in [2.75, 3.05) is 35.7 Å². The molecule has 0 aliphatic carbocycles. The molecule has 2 aromatic rings. The zero-order valence-electron chi connectivity index (χ0n) is 18.7. The normalized spacial score (nSPS) is 18.7. The Hall–Kier alpha value is -3.37. The van der Waals surface area contributed by atoms with E-state index in [1.807, 2.05) is 25.8 Å². The summed E-state index contributed by atoms with van der Waals surface area (Å²) in [6.07, 6.45) is -4.44. The van der Waals surface area contributed by atoms with Crippen LogP contribution in [0.3, 0.4) is 0 Å². The molecule has 2 aliphatic rings. The van der Waals surface area contributed by atoms with Crippen LogP contribution in [0.25, 0.3) is 0 Å². The summed E-state index contributed by atoms with van der Waals surface area (Å²) in [5, 5.41) is 6.10. The van der Waals surface area contributed by atoms with Crippen LogP contribution in [0.4, 0.5) is 30.6 Å². The molecule has 2 N–H and O–H groups in total. The molecule has 3 heterocycles. The molecular weight excluding hydrogens is 437 g/mol. The van der Waals surface area contributed by atoms with Gasteiger partial charge in [0.05, 0.1) is 17.3 Å². The van der Waals surface area contributed by atoms with Gasteiger partial charge in [-0.1, -0.05) is 13.8 Å². The first-order valence-electron chi connectivity index (χ1n) is 10.6. The quantitative estimate of drug-likeness (QED) is 0.726. The highest BCUT2D eigenvalue weighted by Crippen LogP contribution is 2.34. The Labute approximate surface area is 189 Å². The van der Waals surface area contributed by atoms with Gasteiger partial charge in [0.1, 0.15) is 11.7 Å². The van der Waals surface area contributed by atoms with Gasteiger partial charge in [-0.15, -0.1) is 0 Å². The van der Waals surface area contributed by atoms with Gasteiger partial charge in [0, 0.05) is 25.7 Å². The van der Waals surface area contributed by atoms with Crippen LogP contribution >= 0.6 is 0 Å². The molecule has 11 heteroatoms. The molecule has 0 radical (unpaired) electrons. The molecule has 0 bridgehead atoms. The second-order valence-electron chi connectivity index (χ2n) is 8.75. The monoisotopic (exact) mass is 462 g/mol. The maximum absolute atomic E-state index is 12.7. The fourth-order valence-electron chi connectivity index (χ4n) is 4.18. The van der Waals surface area contributed by atoms with Crippen LogP contribution in [-0.2, 0) is 11.0 Å².